The van der Waals surface area contributed by atoms with E-state index in [2.05, 4.69) is 39.4 Å². The highest BCUT2D eigenvalue weighted by Crippen LogP contribution is 2.20. The Bertz CT molecular complexity index is 732. The standard InChI is InChI=1S/C21H27N3O3/c25-21(17-14-20(27-16-17)15-23-10-12-26-13-11-23)22-18-6-8-24(9-7-18)19-4-2-1-3-5-19/h1-5,14,16,18H,6-13,15H2,(H,22,25). The molecule has 1 aromatic carbocycles. The minimum Gasteiger partial charge on any atom is -0.467 e. The highest BCUT2D eigenvalue weighted by Gasteiger charge is 2.22. The second kappa shape index (κ2) is 8.59. The van der Waals surface area contributed by atoms with E-state index in [0.717, 1.165) is 64.5 Å². The number of morpholine rings is 1. The van der Waals surface area contributed by atoms with Crippen molar-refractivity contribution in [2.75, 3.05) is 44.3 Å². The number of ether oxygens (including phenoxy) is 1. The van der Waals surface area contributed by atoms with Gasteiger partial charge in [-0.3, -0.25) is 9.69 Å². The fraction of sp³-hybridized carbons (Fsp3) is 0.476. The Hall–Kier alpha value is -2.31. The molecular weight excluding hydrogens is 342 g/mol. The van der Waals surface area contributed by atoms with Crippen LogP contribution in [0.4, 0.5) is 5.69 Å². The lowest BCUT2D eigenvalue weighted by Gasteiger charge is -2.33. The third-order valence-electron chi connectivity index (χ3n) is 5.35. The zero-order chi connectivity index (χ0) is 18.5. The quantitative estimate of drug-likeness (QED) is 0.878. The molecule has 6 nitrogen and oxygen atoms in total. The molecule has 3 heterocycles. The molecule has 0 saturated carbocycles. The molecule has 0 atom stereocenters. The Balaban J connectivity index is 1.26. The number of rotatable bonds is 5. The van der Waals surface area contributed by atoms with Crippen molar-refractivity contribution in [1.29, 1.82) is 0 Å². The maximum Gasteiger partial charge on any atom is 0.254 e. The third kappa shape index (κ3) is 4.70. The predicted octanol–water partition coefficient (Wildman–Crippen LogP) is 2.51. The molecule has 2 fully saturated rings. The molecule has 1 amide bonds. The van der Waals surface area contributed by atoms with E-state index < -0.39 is 0 Å². The normalized spacial score (nSPS) is 19.2. The van der Waals surface area contributed by atoms with Gasteiger partial charge in [0.1, 0.15) is 12.0 Å². The molecular formula is C21H27N3O3. The van der Waals surface area contributed by atoms with Crippen LogP contribution in [-0.4, -0.2) is 56.2 Å². The first-order valence-electron chi connectivity index (χ1n) is 9.76. The molecule has 4 rings (SSSR count). The fourth-order valence-corrected chi connectivity index (χ4v) is 3.75. The summed E-state index contributed by atoms with van der Waals surface area (Å²) in [5.74, 6) is 0.797. The molecule has 6 heteroatoms. The first-order chi connectivity index (χ1) is 13.3. The van der Waals surface area contributed by atoms with Crippen LogP contribution in [0.25, 0.3) is 0 Å². The van der Waals surface area contributed by atoms with Crippen molar-refractivity contribution in [2.24, 2.45) is 0 Å². The number of carbonyl (C=O) groups is 1. The average Bonchev–Trinajstić information content (AvgIpc) is 3.19. The number of nitrogens with zero attached hydrogens (tertiary/aromatic N) is 2. The summed E-state index contributed by atoms with van der Waals surface area (Å²) in [5, 5.41) is 3.16. The lowest BCUT2D eigenvalue weighted by atomic mass is 10.0. The van der Waals surface area contributed by atoms with Crippen LogP contribution >= 0.6 is 0 Å². The van der Waals surface area contributed by atoms with Crippen LogP contribution < -0.4 is 10.2 Å². The highest BCUT2D eigenvalue weighted by atomic mass is 16.5. The van der Waals surface area contributed by atoms with Crippen LogP contribution in [-0.2, 0) is 11.3 Å². The predicted molar refractivity (Wildman–Crippen MR) is 104 cm³/mol. The van der Waals surface area contributed by atoms with Gasteiger partial charge >= 0.3 is 0 Å². The number of para-hydroxylation sites is 1. The van der Waals surface area contributed by atoms with Crippen molar-refractivity contribution in [2.45, 2.75) is 25.4 Å². The third-order valence-corrected chi connectivity index (χ3v) is 5.35. The van der Waals surface area contributed by atoms with Crippen molar-refractivity contribution in [3.63, 3.8) is 0 Å². The summed E-state index contributed by atoms with van der Waals surface area (Å²) >= 11 is 0. The van der Waals surface area contributed by atoms with Gasteiger partial charge in [-0.1, -0.05) is 18.2 Å². The number of hydrogen-bond donors (Lipinski definition) is 1. The molecule has 0 spiro atoms. The van der Waals surface area contributed by atoms with E-state index in [1.54, 1.807) is 6.26 Å². The van der Waals surface area contributed by atoms with Crippen molar-refractivity contribution in [3.8, 4) is 0 Å². The van der Waals surface area contributed by atoms with Gasteiger partial charge in [0.05, 0.1) is 25.3 Å². The maximum absolute atomic E-state index is 12.6. The first-order valence-corrected chi connectivity index (χ1v) is 9.76. The van der Waals surface area contributed by atoms with Gasteiger partial charge < -0.3 is 19.4 Å². The summed E-state index contributed by atoms with van der Waals surface area (Å²) in [4.78, 5) is 17.2. The SMILES string of the molecule is O=C(NC1CCN(c2ccccc2)CC1)c1coc(CN2CCOCC2)c1. The van der Waals surface area contributed by atoms with Gasteiger partial charge in [-0.2, -0.15) is 0 Å². The van der Waals surface area contributed by atoms with E-state index in [0.29, 0.717) is 5.56 Å². The molecule has 2 saturated heterocycles. The molecule has 2 aliphatic heterocycles. The first kappa shape index (κ1) is 18.1. The Morgan fingerprint density at radius 2 is 1.81 bits per heavy atom. The van der Waals surface area contributed by atoms with E-state index in [9.17, 15) is 4.79 Å². The molecule has 1 N–H and O–H groups in total. The molecule has 2 aliphatic rings. The average molecular weight is 369 g/mol. The van der Waals surface area contributed by atoms with Gasteiger partial charge in [0.2, 0.25) is 0 Å². The Morgan fingerprint density at radius 3 is 2.56 bits per heavy atom. The van der Waals surface area contributed by atoms with Gasteiger partial charge in [0.15, 0.2) is 0 Å². The monoisotopic (exact) mass is 369 g/mol. The van der Waals surface area contributed by atoms with Crippen molar-refractivity contribution >= 4 is 11.6 Å². The number of anilines is 1. The lowest BCUT2D eigenvalue weighted by molar-refractivity contribution is 0.0313. The molecule has 0 radical (unpaired) electrons. The Kier molecular flexibility index (Phi) is 5.75. The summed E-state index contributed by atoms with van der Waals surface area (Å²) < 4.78 is 11.0. The topological polar surface area (TPSA) is 58.0 Å². The molecule has 144 valence electrons. The fourth-order valence-electron chi connectivity index (χ4n) is 3.75. The van der Waals surface area contributed by atoms with Gasteiger partial charge in [0, 0.05) is 37.9 Å². The van der Waals surface area contributed by atoms with Crippen LogP contribution in [0.2, 0.25) is 0 Å². The Morgan fingerprint density at radius 1 is 1.07 bits per heavy atom. The molecule has 2 aromatic rings. The van der Waals surface area contributed by atoms with E-state index in [-0.39, 0.29) is 11.9 Å². The summed E-state index contributed by atoms with van der Waals surface area (Å²) in [6.45, 7) is 5.98. The van der Waals surface area contributed by atoms with Gasteiger partial charge in [-0.15, -0.1) is 0 Å². The van der Waals surface area contributed by atoms with Crippen molar-refractivity contribution < 1.29 is 13.9 Å². The van der Waals surface area contributed by atoms with Crippen LogP contribution in [0.5, 0.6) is 0 Å². The summed E-state index contributed by atoms with van der Waals surface area (Å²) in [5.41, 5.74) is 1.87. The lowest BCUT2D eigenvalue weighted by Crippen LogP contribution is -2.44. The molecule has 1 aromatic heterocycles. The zero-order valence-corrected chi connectivity index (χ0v) is 15.6. The van der Waals surface area contributed by atoms with Gasteiger partial charge in [0.25, 0.3) is 5.91 Å². The van der Waals surface area contributed by atoms with Crippen LogP contribution in [0.1, 0.15) is 29.0 Å². The number of nitrogens with one attached hydrogen (secondary N) is 1. The van der Waals surface area contributed by atoms with Crippen LogP contribution in [0.3, 0.4) is 0 Å². The molecule has 27 heavy (non-hydrogen) atoms. The van der Waals surface area contributed by atoms with E-state index >= 15 is 0 Å². The van der Waals surface area contributed by atoms with Gasteiger partial charge in [-0.05, 0) is 31.0 Å². The number of carbonyl (C=O) groups excluding carboxylic acids is 1. The summed E-state index contributed by atoms with van der Waals surface area (Å²) in [6, 6.07) is 12.5. The minimum atomic E-state index is -0.0369. The largest absolute Gasteiger partial charge is 0.467 e. The molecule has 0 unspecified atom stereocenters. The maximum atomic E-state index is 12.6. The van der Waals surface area contributed by atoms with Crippen molar-refractivity contribution in [3.05, 3.63) is 54.0 Å². The number of piperidine rings is 1. The number of hydrogen-bond acceptors (Lipinski definition) is 5. The number of benzene rings is 1. The Labute approximate surface area is 160 Å². The van der Waals surface area contributed by atoms with E-state index in [1.807, 2.05) is 12.1 Å². The van der Waals surface area contributed by atoms with Crippen LogP contribution in [0.15, 0.2) is 47.1 Å². The van der Waals surface area contributed by atoms with Gasteiger partial charge in [-0.25, -0.2) is 0 Å². The zero-order valence-electron chi connectivity index (χ0n) is 15.6. The van der Waals surface area contributed by atoms with E-state index in [4.69, 9.17) is 9.15 Å². The summed E-state index contributed by atoms with van der Waals surface area (Å²) in [6.07, 6.45) is 3.49. The summed E-state index contributed by atoms with van der Waals surface area (Å²) in [7, 11) is 0. The number of furan rings is 1. The van der Waals surface area contributed by atoms with E-state index in [1.165, 1.54) is 5.69 Å². The van der Waals surface area contributed by atoms with Crippen molar-refractivity contribution in [1.82, 2.24) is 10.2 Å². The second-order valence-corrected chi connectivity index (χ2v) is 7.26. The second-order valence-electron chi connectivity index (χ2n) is 7.26. The smallest absolute Gasteiger partial charge is 0.254 e. The highest BCUT2D eigenvalue weighted by molar-refractivity contribution is 5.94. The minimum absolute atomic E-state index is 0.0369. The molecule has 0 bridgehead atoms. The number of amides is 1. The molecule has 0 aliphatic carbocycles. The van der Waals surface area contributed by atoms with Crippen LogP contribution in [0, 0.1) is 0 Å².